The van der Waals surface area contributed by atoms with Gasteiger partial charge in [-0.25, -0.2) is 9.97 Å². The predicted molar refractivity (Wildman–Crippen MR) is 156 cm³/mol. The molecule has 0 amide bonds. The van der Waals surface area contributed by atoms with Gasteiger partial charge in [-0.05, 0) is 49.6 Å². The Morgan fingerprint density at radius 1 is 1.29 bits per heavy atom. The van der Waals surface area contributed by atoms with Crippen molar-refractivity contribution < 1.29 is 13.5 Å². The van der Waals surface area contributed by atoms with E-state index in [2.05, 4.69) is 32.4 Å². The van der Waals surface area contributed by atoms with E-state index in [1.165, 1.54) is 24.4 Å². The third-order valence-electron chi connectivity index (χ3n) is 6.64. The molecule has 0 aliphatic heterocycles. The second kappa shape index (κ2) is 11.5. The number of aromatic amines is 2. The minimum absolute atomic E-state index is 0.0413. The van der Waals surface area contributed by atoms with Crippen LogP contribution in [-0.2, 0) is 18.9 Å². The van der Waals surface area contributed by atoms with Crippen LogP contribution in [0.15, 0.2) is 83.0 Å². The van der Waals surface area contributed by atoms with Gasteiger partial charge in [0.15, 0.2) is 5.69 Å². The van der Waals surface area contributed by atoms with Crippen LogP contribution in [0, 0.1) is 12.3 Å². The molecule has 0 fully saturated rings. The van der Waals surface area contributed by atoms with Gasteiger partial charge < -0.3 is 14.7 Å². The summed E-state index contributed by atoms with van der Waals surface area (Å²) in [6, 6.07) is 6.08. The average Bonchev–Trinajstić information content (AvgIpc) is 3.38. The molecule has 212 valence electrons. The number of hydrogen-bond donors (Lipinski definition) is 2. The number of nitrogens with one attached hydrogen (secondary N) is 2. The number of aryl methyl sites for hydroxylation is 1. The van der Waals surface area contributed by atoms with Crippen molar-refractivity contribution >= 4 is 17.2 Å². The number of ether oxygens (including phenoxy) is 1. The Labute approximate surface area is 244 Å². The van der Waals surface area contributed by atoms with Crippen LogP contribution in [0.3, 0.4) is 0 Å². The van der Waals surface area contributed by atoms with Crippen LogP contribution >= 0.6 is 11.6 Å². The Bertz CT molecular complexity index is 1930. The normalized spacial score (nSPS) is 13.0. The van der Waals surface area contributed by atoms with E-state index in [0.717, 1.165) is 47.5 Å². The lowest BCUT2D eigenvalue weighted by atomic mass is 10.00. The fourth-order valence-corrected chi connectivity index (χ4v) is 4.65. The van der Waals surface area contributed by atoms with Crippen molar-refractivity contribution in [2.24, 2.45) is 0 Å². The number of hydrogen-bond acceptors (Lipinski definition) is 5. The molecule has 0 saturated carbocycles. The number of H-pyrrole nitrogens is 2. The molecule has 3 heterocycles. The lowest BCUT2D eigenvalue weighted by Gasteiger charge is -2.20. The molecule has 3 aromatic heterocycles. The van der Waals surface area contributed by atoms with E-state index in [4.69, 9.17) is 22.8 Å². The minimum Gasteiger partial charge on any atom is -0.449 e. The second-order valence-corrected chi connectivity index (χ2v) is 10.1. The van der Waals surface area contributed by atoms with Crippen molar-refractivity contribution in [1.29, 1.82) is 0 Å². The highest BCUT2D eigenvalue weighted by atomic mass is 35.5. The molecule has 0 atom stereocenters. The SMILES string of the molecule is C#Cc1cc(Cl)cc(Oc2c(C(F)(F)C(=C)C)ncn(Cc3cnc(C4=CC=CCCc5[nH]ccc54)[nH]c3=O)c2=O)c1. The summed E-state index contributed by atoms with van der Waals surface area (Å²) in [6.07, 6.45) is 17.0. The molecule has 0 unspecified atom stereocenters. The molecular formula is C31H24ClF2N5O3. The van der Waals surface area contributed by atoms with Gasteiger partial charge in [0.2, 0.25) is 5.75 Å². The molecule has 1 aliphatic rings. The summed E-state index contributed by atoms with van der Waals surface area (Å²) in [5, 5.41) is 0.178. The Morgan fingerprint density at radius 2 is 2.10 bits per heavy atom. The van der Waals surface area contributed by atoms with Gasteiger partial charge in [0, 0.05) is 39.8 Å². The van der Waals surface area contributed by atoms with Crippen LogP contribution in [0.4, 0.5) is 8.78 Å². The van der Waals surface area contributed by atoms with E-state index < -0.39 is 34.1 Å². The van der Waals surface area contributed by atoms with Gasteiger partial charge in [-0.1, -0.05) is 42.3 Å². The maximum atomic E-state index is 15.1. The van der Waals surface area contributed by atoms with Crippen LogP contribution in [0.5, 0.6) is 11.5 Å². The highest BCUT2D eigenvalue weighted by Gasteiger charge is 2.39. The zero-order valence-electron chi connectivity index (χ0n) is 22.4. The number of halogens is 3. The number of aromatic nitrogens is 5. The Hall–Kier alpha value is -5.01. The van der Waals surface area contributed by atoms with Crippen molar-refractivity contribution in [3.05, 3.63) is 133 Å². The summed E-state index contributed by atoms with van der Waals surface area (Å²) in [4.78, 5) is 40.9. The standard InChI is InChI=1S/C31H24ClF2N5O3/c1-4-19-12-21(32)14-22(13-19)42-26-27(31(33,34)18(2)3)37-17-39(30(26)41)16-20-15-36-28(38-29(20)40)24-8-6-5-7-9-25-23(24)10-11-35-25/h1,5-6,8,10-15,17,35H,2,7,9,16H2,3H3,(H,36,38,40). The number of benzene rings is 1. The molecule has 42 heavy (non-hydrogen) atoms. The summed E-state index contributed by atoms with van der Waals surface area (Å²) in [7, 11) is 0. The maximum Gasteiger partial charge on any atom is 0.314 e. The molecule has 0 bridgehead atoms. The molecule has 4 aromatic rings. The lowest BCUT2D eigenvalue weighted by Crippen LogP contribution is -2.30. The van der Waals surface area contributed by atoms with Crippen molar-refractivity contribution in [3.63, 3.8) is 0 Å². The van der Waals surface area contributed by atoms with Crippen molar-refractivity contribution in [2.75, 3.05) is 0 Å². The Balaban J connectivity index is 1.54. The van der Waals surface area contributed by atoms with Gasteiger partial charge in [-0.2, -0.15) is 8.78 Å². The molecule has 11 heteroatoms. The van der Waals surface area contributed by atoms with Gasteiger partial charge in [0.05, 0.1) is 18.4 Å². The zero-order valence-corrected chi connectivity index (χ0v) is 23.1. The van der Waals surface area contributed by atoms with E-state index in [1.807, 2.05) is 30.5 Å². The van der Waals surface area contributed by atoms with Crippen LogP contribution < -0.4 is 15.9 Å². The summed E-state index contributed by atoms with van der Waals surface area (Å²) in [5.74, 6) is -1.78. The largest absolute Gasteiger partial charge is 0.449 e. The van der Waals surface area contributed by atoms with Gasteiger partial charge in [-0.15, -0.1) is 6.42 Å². The van der Waals surface area contributed by atoms with E-state index in [9.17, 15) is 9.59 Å². The third-order valence-corrected chi connectivity index (χ3v) is 6.86. The van der Waals surface area contributed by atoms with Crippen LogP contribution in [-0.4, -0.2) is 24.5 Å². The van der Waals surface area contributed by atoms with Crippen molar-refractivity contribution in [3.8, 4) is 23.8 Å². The first-order chi connectivity index (χ1) is 20.1. The smallest absolute Gasteiger partial charge is 0.314 e. The van der Waals surface area contributed by atoms with Gasteiger partial charge >= 0.3 is 5.92 Å². The zero-order chi connectivity index (χ0) is 30.0. The van der Waals surface area contributed by atoms with Gasteiger partial charge in [0.1, 0.15) is 11.6 Å². The van der Waals surface area contributed by atoms with Crippen LogP contribution in [0.2, 0.25) is 5.02 Å². The summed E-state index contributed by atoms with van der Waals surface area (Å²) >= 11 is 6.09. The minimum atomic E-state index is -3.70. The number of rotatable bonds is 7. The highest BCUT2D eigenvalue weighted by Crippen LogP contribution is 2.38. The first kappa shape index (κ1) is 28.5. The number of fused-ring (bicyclic) bond motifs is 1. The first-order valence-electron chi connectivity index (χ1n) is 12.8. The summed E-state index contributed by atoms with van der Waals surface area (Å²) in [5.41, 5.74) is 0.110. The van der Waals surface area contributed by atoms with E-state index in [0.29, 0.717) is 11.4 Å². The summed E-state index contributed by atoms with van der Waals surface area (Å²) in [6.45, 7) is 4.12. The van der Waals surface area contributed by atoms with Crippen molar-refractivity contribution in [2.45, 2.75) is 32.2 Å². The number of allylic oxidation sites excluding steroid dienone is 4. The fourth-order valence-electron chi connectivity index (χ4n) is 4.43. The number of nitrogens with zero attached hydrogens (tertiary/aromatic N) is 3. The molecular weight excluding hydrogens is 564 g/mol. The van der Waals surface area contributed by atoms with Gasteiger partial charge in [-0.3, -0.25) is 14.2 Å². The van der Waals surface area contributed by atoms with Crippen LogP contribution in [0.25, 0.3) is 5.57 Å². The highest BCUT2D eigenvalue weighted by molar-refractivity contribution is 6.30. The molecule has 2 N–H and O–H groups in total. The van der Waals surface area contributed by atoms with Crippen LogP contribution in [0.1, 0.15) is 47.2 Å². The monoisotopic (exact) mass is 587 g/mol. The molecule has 0 spiro atoms. The lowest BCUT2D eigenvalue weighted by molar-refractivity contribution is 0.0309. The molecule has 0 saturated heterocycles. The molecule has 8 nitrogen and oxygen atoms in total. The van der Waals surface area contributed by atoms with E-state index in [-0.39, 0.29) is 22.9 Å². The topological polar surface area (TPSA) is 106 Å². The average molecular weight is 588 g/mol. The maximum absolute atomic E-state index is 15.1. The predicted octanol–water partition coefficient (Wildman–Crippen LogP) is 5.73. The quantitative estimate of drug-likeness (QED) is 0.212. The molecule has 1 aliphatic carbocycles. The van der Waals surface area contributed by atoms with Crippen molar-refractivity contribution in [1.82, 2.24) is 24.5 Å². The molecule has 1 aromatic carbocycles. The van der Waals surface area contributed by atoms with Gasteiger partial charge in [0.25, 0.3) is 11.1 Å². The second-order valence-electron chi connectivity index (χ2n) is 9.64. The Morgan fingerprint density at radius 3 is 2.83 bits per heavy atom. The number of alkyl halides is 2. The first-order valence-corrected chi connectivity index (χ1v) is 13.2. The summed E-state index contributed by atoms with van der Waals surface area (Å²) < 4.78 is 36.8. The van der Waals surface area contributed by atoms with E-state index >= 15 is 8.78 Å². The molecule has 5 rings (SSSR count). The van der Waals surface area contributed by atoms with E-state index in [1.54, 1.807) is 0 Å². The molecule has 0 radical (unpaired) electrons. The Kier molecular flexibility index (Phi) is 7.79. The third kappa shape index (κ3) is 5.60. The fraction of sp³-hybridized carbons (Fsp3) is 0.161. The number of terminal acetylenes is 1.